The van der Waals surface area contributed by atoms with Crippen LogP contribution in [-0.4, -0.2) is 106 Å². The molecule has 0 fully saturated rings. The first-order chi connectivity index (χ1) is 34.2. The third-order valence-electron chi connectivity index (χ3n) is 10.6. The Morgan fingerprint density at radius 1 is 0.589 bits per heavy atom. The number of carbonyl (C=O) groups is 2. The van der Waals surface area contributed by atoms with E-state index >= 15 is 0 Å². The molecule has 0 saturated heterocycles. The Labute approximate surface area is 468 Å². The number of aromatic hydroxyl groups is 1. The Balaban J connectivity index is 0.000000235. The second-order valence-corrected chi connectivity index (χ2v) is 19.0. The van der Waals surface area contributed by atoms with Crippen LogP contribution in [0.15, 0.2) is 164 Å². The Hall–Kier alpha value is -6.41. The largest absolute Gasteiger partial charge is 2.00 e. The van der Waals surface area contributed by atoms with Crippen LogP contribution in [0.3, 0.4) is 0 Å². The number of nitrogens with zero attached hydrogens (tertiary/aromatic N) is 4. The molecule has 8 aromatic carbocycles. The molecule has 8 rings (SSSR count). The van der Waals surface area contributed by atoms with Crippen molar-refractivity contribution >= 4 is 160 Å². The van der Waals surface area contributed by atoms with E-state index in [-0.39, 0.29) is 110 Å². The van der Waals surface area contributed by atoms with Crippen molar-refractivity contribution in [3.63, 3.8) is 0 Å². The smallest absolute Gasteiger partial charge is 0.870 e. The zero-order valence-electron chi connectivity index (χ0n) is 38.7. The van der Waals surface area contributed by atoms with Gasteiger partial charge in [0, 0.05) is 27.7 Å². The van der Waals surface area contributed by atoms with Crippen molar-refractivity contribution in [3.8, 4) is 23.0 Å². The fourth-order valence-electron chi connectivity index (χ4n) is 7.31. The number of phenols is 1. The Kier molecular flexibility index (Phi) is 18.1. The van der Waals surface area contributed by atoms with E-state index in [2.05, 4.69) is 31.1 Å². The number of rotatable bonds is 12. The minimum atomic E-state index is -4.78. The number of halogens is 2. The molecule has 4 N–H and O–H groups in total. The number of carbonyl (C=O) groups excluding carboxylic acids is 2. The fraction of sp³-hybridized carbons (Fsp3) is 0.0800. The molecule has 18 nitrogen and oxygen atoms in total. The van der Waals surface area contributed by atoms with Gasteiger partial charge in [0.1, 0.15) is 32.2 Å². The normalized spacial score (nSPS) is 11.5. The number of hydrogen-bond acceptors (Lipinski definition) is 15. The number of amides is 2. The van der Waals surface area contributed by atoms with Crippen LogP contribution in [0.5, 0.6) is 23.0 Å². The Morgan fingerprint density at radius 2 is 1.00 bits per heavy atom. The summed E-state index contributed by atoms with van der Waals surface area (Å²) in [6, 6.07) is 35.3. The van der Waals surface area contributed by atoms with Crippen LogP contribution in [0.2, 0.25) is 10.0 Å². The first-order valence-corrected chi connectivity index (χ1v) is 24.5. The van der Waals surface area contributed by atoms with Gasteiger partial charge in [-0.15, -0.1) is 5.11 Å². The van der Waals surface area contributed by atoms with Crippen LogP contribution in [-0.2, 0) is 20.2 Å². The van der Waals surface area contributed by atoms with Crippen molar-refractivity contribution in [2.75, 3.05) is 24.9 Å². The summed E-state index contributed by atoms with van der Waals surface area (Å²) in [5.74, 6) is -0.982. The van der Waals surface area contributed by atoms with E-state index in [4.69, 9.17) is 32.7 Å². The van der Waals surface area contributed by atoms with Gasteiger partial charge in [0.05, 0.1) is 51.8 Å². The molecule has 368 valence electrons. The van der Waals surface area contributed by atoms with Crippen molar-refractivity contribution in [1.82, 2.24) is 0 Å². The van der Waals surface area contributed by atoms with E-state index < -0.39 is 47.6 Å². The molecule has 23 heteroatoms. The zero-order chi connectivity index (χ0) is 52.1. The van der Waals surface area contributed by atoms with Gasteiger partial charge < -0.3 is 34.9 Å². The summed E-state index contributed by atoms with van der Waals surface area (Å²) in [6.07, 6.45) is 0. The topological polar surface area (TPSA) is 281 Å². The maximum atomic E-state index is 13.3. The number of fused-ring (bicyclic) bond motifs is 2. The molecule has 2 amide bonds. The maximum Gasteiger partial charge on any atom is 2.00 e. The molecule has 0 aromatic heterocycles. The number of hydrogen-bond donors (Lipinski definition) is 4. The quantitative estimate of drug-likeness (QED) is 0.0505. The summed E-state index contributed by atoms with van der Waals surface area (Å²) in [6.45, 7) is 2.85. The van der Waals surface area contributed by atoms with Crippen molar-refractivity contribution in [3.05, 3.63) is 166 Å². The standard InChI is InChI=1S/2C25H20ClN3O6S.Ba/c2*1-14-11-17(13-21(26)24(14)36(32,33)34)28-29-22-19-6-4-3-5-15(19)12-20(23(22)30)25(31)27-16-7-9-18(35-2)10-8-16;/h2*3-13,30H,1-2H3,(H,27,31)(H,32,33,34);/q;;+2/p-2. The van der Waals surface area contributed by atoms with Crippen molar-refractivity contribution in [1.29, 1.82) is 0 Å². The molecule has 0 bridgehead atoms. The van der Waals surface area contributed by atoms with Gasteiger partial charge in [-0.2, -0.15) is 23.8 Å². The van der Waals surface area contributed by atoms with Crippen LogP contribution in [0.4, 0.5) is 34.1 Å². The average Bonchev–Trinajstić information content (AvgIpc) is 3.32. The second-order valence-electron chi connectivity index (χ2n) is 15.5. The van der Waals surface area contributed by atoms with E-state index in [0.717, 1.165) is 6.07 Å². The van der Waals surface area contributed by atoms with Gasteiger partial charge in [-0.3, -0.25) is 14.1 Å². The molecule has 0 heterocycles. The Bertz CT molecular complexity index is 3440. The predicted octanol–water partition coefficient (Wildman–Crippen LogP) is 11.5. The van der Waals surface area contributed by atoms with E-state index in [1.165, 1.54) is 52.3 Å². The summed E-state index contributed by atoms with van der Waals surface area (Å²) in [7, 11) is -6.25. The van der Waals surface area contributed by atoms with Crippen LogP contribution < -0.4 is 25.2 Å². The third kappa shape index (κ3) is 13.2. The molecule has 0 aliphatic carbocycles. The van der Waals surface area contributed by atoms with Crippen molar-refractivity contribution < 1.29 is 55.2 Å². The van der Waals surface area contributed by atoms with Crippen LogP contribution in [0.25, 0.3) is 21.5 Å². The van der Waals surface area contributed by atoms with Gasteiger partial charge in [0.15, 0.2) is 5.75 Å². The minimum Gasteiger partial charge on any atom is -0.870 e. The molecule has 0 atom stereocenters. The van der Waals surface area contributed by atoms with E-state index in [0.29, 0.717) is 44.4 Å². The van der Waals surface area contributed by atoms with E-state index in [1.807, 2.05) is 0 Å². The molecular formula is C50H38BaCl2N6O12S2. The van der Waals surface area contributed by atoms with E-state index in [1.54, 1.807) is 103 Å². The molecule has 0 unspecified atom stereocenters. The molecular weight excluding hydrogens is 1150 g/mol. The van der Waals surface area contributed by atoms with Crippen molar-refractivity contribution in [2.24, 2.45) is 20.5 Å². The van der Waals surface area contributed by atoms with Crippen molar-refractivity contribution in [2.45, 2.75) is 23.6 Å². The molecule has 73 heavy (non-hydrogen) atoms. The summed E-state index contributed by atoms with van der Waals surface area (Å²) in [5, 5.41) is 47.7. The minimum absolute atomic E-state index is 0. The first kappa shape index (κ1) is 55.9. The summed E-state index contributed by atoms with van der Waals surface area (Å²) >= 11 is 12.0. The number of ether oxygens (including phenoxy) is 2. The number of benzene rings is 8. The van der Waals surface area contributed by atoms with Gasteiger partial charge in [-0.25, -0.2) is 8.42 Å². The number of nitrogens with one attached hydrogen (secondary N) is 2. The van der Waals surface area contributed by atoms with E-state index in [9.17, 15) is 45.7 Å². The number of methoxy groups -OCH3 is 2. The third-order valence-corrected chi connectivity index (χ3v) is 13.5. The summed E-state index contributed by atoms with van der Waals surface area (Å²) in [4.78, 5) is 25.0. The zero-order valence-corrected chi connectivity index (χ0v) is 46.3. The SMILES string of the molecule is COc1ccc(NC(=O)c2cc3ccccc3c(N=Nc3cc(C)c(S(=O)(=O)O)c(Cl)c3)c2O)cc1.COc1ccc(NC(=O)c2cc3ccccc3c(N=Nc3cc(C)c(S(=O)(=O)[O-])c(Cl)c3)c2[O-])cc1.[Ba+2]. The van der Waals surface area contributed by atoms with Gasteiger partial charge in [-0.05, 0) is 121 Å². The van der Waals surface area contributed by atoms with Gasteiger partial charge >= 0.3 is 48.9 Å². The monoisotopic (exact) mass is 1190 g/mol. The van der Waals surface area contributed by atoms with Crippen LogP contribution in [0.1, 0.15) is 31.8 Å². The number of azo groups is 2. The van der Waals surface area contributed by atoms with Gasteiger partial charge in [0.2, 0.25) is 0 Å². The molecule has 0 aliphatic rings. The van der Waals surface area contributed by atoms with Crippen LogP contribution >= 0.6 is 23.2 Å². The average molecular weight is 1190 g/mol. The summed E-state index contributed by atoms with van der Waals surface area (Å²) in [5.41, 5.74) is 1.34. The van der Waals surface area contributed by atoms with Gasteiger partial charge in [-0.1, -0.05) is 77.5 Å². The molecule has 0 aliphatic heterocycles. The molecule has 0 saturated carbocycles. The fourth-order valence-corrected chi connectivity index (χ4v) is 9.93. The number of aryl methyl sites for hydroxylation is 2. The maximum absolute atomic E-state index is 13.3. The number of anilines is 2. The predicted molar refractivity (Wildman–Crippen MR) is 275 cm³/mol. The number of phenolic OH excluding ortho intramolecular Hbond substituents is 1. The Morgan fingerprint density at radius 3 is 1.44 bits per heavy atom. The van der Waals surface area contributed by atoms with Crippen LogP contribution in [0, 0.1) is 13.8 Å². The molecule has 0 spiro atoms. The first-order valence-electron chi connectivity index (χ1n) is 20.9. The molecule has 0 radical (unpaired) electrons. The summed E-state index contributed by atoms with van der Waals surface area (Å²) < 4.78 is 77.0. The molecule has 8 aromatic rings. The second kappa shape index (κ2) is 23.6. The van der Waals surface area contributed by atoms with Gasteiger partial charge in [0.25, 0.3) is 21.9 Å².